The number of hydrogen-bond acceptors (Lipinski definition) is 6. The van der Waals surface area contributed by atoms with Gasteiger partial charge in [-0.3, -0.25) is 9.59 Å². The molecule has 2 fully saturated rings. The van der Waals surface area contributed by atoms with Crippen molar-refractivity contribution >= 4 is 29.3 Å². The van der Waals surface area contributed by atoms with Gasteiger partial charge >= 0.3 is 0 Å². The fourth-order valence-corrected chi connectivity index (χ4v) is 6.83. The van der Waals surface area contributed by atoms with Gasteiger partial charge in [0.05, 0.1) is 33.8 Å². The Morgan fingerprint density at radius 1 is 0.789 bits per heavy atom. The Hall–Kier alpha value is -3.65. The maximum Gasteiger partial charge on any atom is 0.242 e. The van der Waals surface area contributed by atoms with Gasteiger partial charge in [-0.25, -0.2) is 0 Å². The molecule has 2 saturated heterocycles. The second-order valence-corrected chi connectivity index (χ2v) is 10.9. The smallest absolute Gasteiger partial charge is 0.242 e. The fourth-order valence-electron chi connectivity index (χ4n) is 5.37. The normalized spacial score (nSPS) is 21.0. The quantitative estimate of drug-likeness (QED) is 0.390. The fraction of sp³-hybridized carbons (Fsp3) is 0.333. The van der Waals surface area contributed by atoms with E-state index in [0.717, 1.165) is 34.7 Å². The monoisotopic (exact) mass is 532 g/mol. The SMILES string of the molecule is COc1ccc(S[C@]2(C(=O)N3CCCC3)CC(=O)N(c3ccc(OC)cc3)[C@@H]2c2ccc(OC)cc2)cc1. The molecule has 0 unspecified atom stereocenters. The van der Waals surface area contributed by atoms with Crippen molar-refractivity contribution in [2.45, 2.75) is 34.9 Å². The average molecular weight is 533 g/mol. The van der Waals surface area contributed by atoms with E-state index in [1.165, 1.54) is 11.8 Å². The van der Waals surface area contributed by atoms with Crippen LogP contribution in [0.1, 0.15) is 30.9 Å². The summed E-state index contributed by atoms with van der Waals surface area (Å²) in [7, 11) is 4.86. The summed E-state index contributed by atoms with van der Waals surface area (Å²) in [4.78, 5) is 33.0. The Bertz CT molecular complexity index is 1270. The van der Waals surface area contributed by atoms with Crippen molar-refractivity contribution in [3.63, 3.8) is 0 Å². The van der Waals surface area contributed by atoms with Crippen LogP contribution in [-0.4, -0.2) is 55.9 Å². The van der Waals surface area contributed by atoms with Gasteiger partial charge in [0.2, 0.25) is 11.8 Å². The number of carbonyl (C=O) groups is 2. The lowest BCUT2D eigenvalue weighted by atomic mass is 9.90. The minimum absolute atomic E-state index is 0.000924. The van der Waals surface area contributed by atoms with Crippen LogP contribution >= 0.6 is 11.8 Å². The highest BCUT2D eigenvalue weighted by Crippen LogP contribution is 2.55. The van der Waals surface area contributed by atoms with Crippen LogP contribution in [0.4, 0.5) is 5.69 Å². The van der Waals surface area contributed by atoms with Crippen LogP contribution in [0.2, 0.25) is 0 Å². The first-order valence-electron chi connectivity index (χ1n) is 12.7. The number of hydrogen-bond donors (Lipinski definition) is 0. The van der Waals surface area contributed by atoms with Gasteiger partial charge < -0.3 is 24.0 Å². The topological polar surface area (TPSA) is 68.3 Å². The largest absolute Gasteiger partial charge is 0.497 e. The zero-order valence-corrected chi connectivity index (χ0v) is 22.7. The molecule has 0 saturated carbocycles. The summed E-state index contributed by atoms with van der Waals surface area (Å²) in [6.07, 6.45) is 2.03. The van der Waals surface area contributed by atoms with E-state index in [1.54, 1.807) is 26.2 Å². The standard InChI is InChI=1S/C30H32N2O5S/c1-35-23-10-6-21(7-11-23)28-30(29(34)31-18-4-5-19-31,38-26-16-14-25(37-3)15-17-26)20-27(33)32(28)22-8-12-24(36-2)13-9-22/h6-17,28H,4-5,18-20H2,1-3H3/t28-,30-/m1/s1. The third-order valence-electron chi connectivity index (χ3n) is 7.28. The molecular weight excluding hydrogens is 500 g/mol. The maximum atomic E-state index is 14.5. The van der Waals surface area contributed by atoms with Gasteiger partial charge in [-0.15, -0.1) is 11.8 Å². The summed E-state index contributed by atoms with van der Waals surface area (Å²) < 4.78 is 15.0. The molecule has 38 heavy (non-hydrogen) atoms. The highest BCUT2D eigenvalue weighted by molar-refractivity contribution is 8.01. The summed E-state index contributed by atoms with van der Waals surface area (Å²) in [5.74, 6) is 2.07. The van der Waals surface area contributed by atoms with E-state index >= 15 is 0 Å². The summed E-state index contributed by atoms with van der Waals surface area (Å²) >= 11 is 1.47. The van der Waals surface area contributed by atoms with Gasteiger partial charge in [0, 0.05) is 23.7 Å². The summed E-state index contributed by atoms with van der Waals surface area (Å²) in [5, 5.41) is 0. The molecule has 3 aromatic rings. The molecule has 198 valence electrons. The van der Waals surface area contributed by atoms with E-state index in [0.29, 0.717) is 24.6 Å². The van der Waals surface area contributed by atoms with Gasteiger partial charge in [-0.05, 0) is 79.1 Å². The molecule has 0 N–H and O–H groups in total. The van der Waals surface area contributed by atoms with Gasteiger partial charge in [-0.2, -0.15) is 0 Å². The molecule has 2 amide bonds. The molecule has 0 radical (unpaired) electrons. The van der Waals surface area contributed by atoms with Crippen LogP contribution in [0.3, 0.4) is 0 Å². The van der Waals surface area contributed by atoms with E-state index in [2.05, 4.69) is 0 Å². The highest BCUT2D eigenvalue weighted by atomic mass is 32.2. The molecule has 2 aliphatic heterocycles. The maximum absolute atomic E-state index is 14.5. The van der Waals surface area contributed by atoms with Crippen molar-refractivity contribution in [3.05, 3.63) is 78.4 Å². The van der Waals surface area contributed by atoms with E-state index in [1.807, 2.05) is 77.7 Å². The van der Waals surface area contributed by atoms with E-state index in [4.69, 9.17) is 14.2 Å². The first-order chi connectivity index (χ1) is 18.5. The molecular formula is C30H32N2O5S. The van der Waals surface area contributed by atoms with Crippen LogP contribution in [0.15, 0.2) is 77.7 Å². The summed E-state index contributed by atoms with van der Waals surface area (Å²) in [6, 6.07) is 22.3. The number of nitrogens with zero attached hydrogens (tertiary/aromatic N) is 2. The van der Waals surface area contributed by atoms with E-state index < -0.39 is 10.8 Å². The van der Waals surface area contributed by atoms with Gasteiger partial charge in [-0.1, -0.05) is 12.1 Å². The lowest BCUT2D eigenvalue weighted by Crippen LogP contribution is -2.49. The van der Waals surface area contributed by atoms with Crippen LogP contribution in [0, 0.1) is 0 Å². The minimum atomic E-state index is -1.06. The molecule has 0 bridgehead atoms. The first kappa shape index (κ1) is 26.0. The third-order valence-corrected chi connectivity index (χ3v) is 8.69. The van der Waals surface area contributed by atoms with Crippen molar-refractivity contribution in [2.24, 2.45) is 0 Å². The van der Waals surface area contributed by atoms with Crippen LogP contribution in [0.25, 0.3) is 0 Å². The second kappa shape index (κ2) is 11.0. The van der Waals surface area contributed by atoms with Crippen LogP contribution < -0.4 is 19.1 Å². The lowest BCUT2D eigenvalue weighted by molar-refractivity contribution is -0.133. The number of amides is 2. The number of methoxy groups -OCH3 is 3. The minimum Gasteiger partial charge on any atom is -0.497 e. The number of likely N-dealkylation sites (tertiary alicyclic amines) is 1. The Balaban J connectivity index is 1.67. The van der Waals surface area contributed by atoms with Crippen molar-refractivity contribution in [2.75, 3.05) is 39.3 Å². The Labute approximate surface area is 227 Å². The average Bonchev–Trinajstić information content (AvgIpc) is 3.60. The predicted octanol–water partition coefficient (Wildman–Crippen LogP) is 5.34. The molecule has 2 heterocycles. The van der Waals surface area contributed by atoms with Crippen molar-refractivity contribution in [3.8, 4) is 17.2 Å². The zero-order valence-electron chi connectivity index (χ0n) is 21.9. The molecule has 2 aliphatic rings. The van der Waals surface area contributed by atoms with E-state index in [-0.39, 0.29) is 18.2 Å². The van der Waals surface area contributed by atoms with Crippen molar-refractivity contribution < 1.29 is 23.8 Å². The summed E-state index contributed by atoms with van der Waals surface area (Å²) in [5.41, 5.74) is 1.60. The van der Waals surface area contributed by atoms with Gasteiger partial charge in [0.15, 0.2) is 0 Å². The zero-order chi connectivity index (χ0) is 26.7. The third kappa shape index (κ3) is 4.80. The van der Waals surface area contributed by atoms with Crippen molar-refractivity contribution in [1.29, 1.82) is 0 Å². The van der Waals surface area contributed by atoms with Crippen molar-refractivity contribution in [1.82, 2.24) is 4.90 Å². The number of carbonyl (C=O) groups excluding carboxylic acids is 2. The van der Waals surface area contributed by atoms with E-state index in [9.17, 15) is 9.59 Å². The second-order valence-electron chi connectivity index (χ2n) is 9.48. The number of anilines is 1. The molecule has 3 aromatic carbocycles. The molecule has 8 heteroatoms. The number of ether oxygens (including phenoxy) is 3. The Morgan fingerprint density at radius 2 is 1.29 bits per heavy atom. The van der Waals surface area contributed by atoms with Gasteiger partial charge in [0.1, 0.15) is 22.0 Å². The molecule has 5 rings (SSSR count). The molecule has 0 aliphatic carbocycles. The Morgan fingerprint density at radius 3 is 1.82 bits per heavy atom. The first-order valence-corrected chi connectivity index (χ1v) is 13.5. The molecule has 0 aromatic heterocycles. The molecule has 0 spiro atoms. The molecule has 7 nitrogen and oxygen atoms in total. The predicted molar refractivity (Wildman–Crippen MR) is 148 cm³/mol. The summed E-state index contributed by atoms with van der Waals surface area (Å²) in [6.45, 7) is 1.41. The lowest BCUT2D eigenvalue weighted by Gasteiger charge is -2.39. The van der Waals surface area contributed by atoms with Gasteiger partial charge in [0.25, 0.3) is 0 Å². The highest BCUT2D eigenvalue weighted by Gasteiger charge is 2.59. The van der Waals surface area contributed by atoms with Crippen LogP contribution in [0.5, 0.6) is 17.2 Å². The van der Waals surface area contributed by atoms with Crippen LogP contribution in [-0.2, 0) is 9.59 Å². The Kier molecular flexibility index (Phi) is 7.51. The molecule has 2 atom stereocenters. The number of thioether (sulfide) groups is 1. The number of benzene rings is 3. The number of rotatable bonds is 8.